The van der Waals surface area contributed by atoms with E-state index in [0.717, 1.165) is 29.2 Å². The van der Waals surface area contributed by atoms with Gasteiger partial charge in [0.15, 0.2) is 0 Å². The van der Waals surface area contributed by atoms with E-state index in [1.54, 1.807) is 19.6 Å². The summed E-state index contributed by atoms with van der Waals surface area (Å²) in [4.78, 5) is 12.7. The Kier molecular flexibility index (Phi) is 3.72. The van der Waals surface area contributed by atoms with Crippen molar-refractivity contribution in [3.8, 4) is 17.1 Å². The van der Waals surface area contributed by atoms with Gasteiger partial charge in [-0.1, -0.05) is 0 Å². The van der Waals surface area contributed by atoms with Crippen molar-refractivity contribution in [1.29, 1.82) is 0 Å². The summed E-state index contributed by atoms with van der Waals surface area (Å²) in [6.45, 7) is 4.87. The predicted octanol–water partition coefficient (Wildman–Crippen LogP) is 2.29. The molecule has 0 spiro atoms. The van der Waals surface area contributed by atoms with Gasteiger partial charge in [0.1, 0.15) is 12.1 Å². The van der Waals surface area contributed by atoms with E-state index in [9.17, 15) is 0 Å². The number of pyridine rings is 1. The maximum Gasteiger partial charge on any atom is 0.212 e. The minimum atomic E-state index is 0.595. The molecule has 0 aliphatic rings. The molecule has 0 bridgehead atoms. The molecular weight excluding hydrogens is 228 g/mol. The van der Waals surface area contributed by atoms with Crippen LogP contribution < -0.4 is 10.1 Å². The number of nitrogens with zero attached hydrogens (tertiary/aromatic N) is 3. The van der Waals surface area contributed by atoms with Crippen LogP contribution in [0.15, 0.2) is 24.7 Å². The summed E-state index contributed by atoms with van der Waals surface area (Å²) in [5, 5.41) is 3.21. The van der Waals surface area contributed by atoms with Crippen molar-refractivity contribution >= 4 is 5.82 Å². The standard InChI is InChI=1S/C13H16N4O/c1-4-14-13-9(2)12(16-8-17-13)10-5-6-11(18-3)15-7-10/h5-8H,4H2,1-3H3,(H,14,16,17). The van der Waals surface area contributed by atoms with Crippen molar-refractivity contribution in [2.75, 3.05) is 19.0 Å². The maximum atomic E-state index is 5.04. The molecule has 0 aromatic carbocycles. The van der Waals surface area contributed by atoms with E-state index < -0.39 is 0 Å². The van der Waals surface area contributed by atoms with Gasteiger partial charge in [-0.05, 0) is 19.9 Å². The highest BCUT2D eigenvalue weighted by molar-refractivity contribution is 5.67. The normalized spacial score (nSPS) is 10.2. The van der Waals surface area contributed by atoms with Gasteiger partial charge in [-0.2, -0.15) is 0 Å². The van der Waals surface area contributed by atoms with Crippen LogP contribution in [-0.4, -0.2) is 28.6 Å². The SMILES string of the molecule is CCNc1ncnc(-c2ccc(OC)nc2)c1C. The second-order valence-corrected chi connectivity index (χ2v) is 3.82. The highest BCUT2D eigenvalue weighted by atomic mass is 16.5. The first-order chi connectivity index (χ1) is 8.76. The highest BCUT2D eigenvalue weighted by Gasteiger charge is 2.08. The molecule has 0 unspecified atom stereocenters. The number of aromatic nitrogens is 3. The number of methoxy groups -OCH3 is 1. The third-order valence-electron chi connectivity index (χ3n) is 2.65. The van der Waals surface area contributed by atoms with Gasteiger partial charge < -0.3 is 10.1 Å². The van der Waals surface area contributed by atoms with Crippen LogP contribution in [0.5, 0.6) is 5.88 Å². The smallest absolute Gasteiger partial charge is 0.212 e. The third kappa shape index (κ3) is 2.40. The number of ether oxygens (including phenoxy) is 1. The van der Waals surface area contributed by atoms with Crippen LogP contribution in [0.2, 0.25) is 0 Å². The van der Waals surface area contributed by atoms with Crippen LogP contribution >= 0.6 is 0 Å². The van der Waals surface area contributed by atoms with E-state index in [1.807, 2.05) is 26.0 Å². The highest BCUT2D eigenvalue weighted by Crippen LogP contribution is 2.24. The molecule has 0 amide bonds. The first-order valence-electron chi connectivity index (χ1n) is 5.82. The Hall–Kier alpha value is -2.17. The molecule has 1 N–H and O–H groups in total. The minimum absolute atomic E-state index is 0.595. The maximum absolute atomic E-state index is 5.04. The fourth-order valence-corrected chi connectivity index (χ4v) is 1.73. The quantitative estimate of drug-likeness (QED) is 0.894. The molecule has 5 nitrogen and oxygen atoms in total. The molecule has 0 fully saturated rings. The van der Waals surface area contributed by atoms with E-state index in [4.69, 9.17) is 4.74 Å². The van der Waals surface area contributed by atoms with Crippen LogP contribution in [0.1, 0.15) is 12.5 Å². The van der Waals surface area contributed by atoms with Crippen LogP contribution in [0, 0.1) is 6.92 Å². The molecule has 0 aliphatic heterocycles. The van der Waals surface area contributed by atoms with Crippen LogP contribution in [0.3, 0.4) is 0 Å². The lowest BCUT2D eigenvalue weighted by Crippen LogP contribution is -2.03. The third-order valence-corrected chi connectivity index (χ3v) is 2.65. The van der Waals surface area contributed by atoms with E-state index in [-0.39, 0.29) is 0 Å². The summed E-state index contributed by atoms with van der Waals surface area (Å²) in [5.74, 6) is 1.45. The van der Waals surface area contributed by atoms with Crippen molar-refractivity contribution in [2.45, 2.75) is 13.8 Å². The van der Waals surface area contributed by atoms with Crippen molar-refractivity contribution < 1.29 is 4.74 Å². The Bertz CT molecular complexity index is 525. The van der Waals surface area contributed by atoms with Gasteiger partial charge in [0.05, 0.1) is 12.8 Å². The molecule has 18 heavy (non-hydrogen) atoms. The van der Waals surface area contributed by atoms with Gasteiger partial charge in [-0.25, -0.2) is 15.0 Å². The summed E-state index contributed by atoms with van der Waals surface area (Å²) in [6, 6.07) is 3.76. The van der Waals surface area contributed by atoms with Gasteiger partial charge in [0.2, 0.25) is 5.88 Å². The number of anilines is 1. The van der Waals surface area contributed by atoms with Gasteiger partial charge in [0.25, 0.3) is 0 Å². The molecule has 0 atom stereocenters. The van der Waals surface area contributed by atoms with Gasteiger partial charge in [0, 0.05) is 29.9 Å². The van der Waals surface area contributed by atoms with E-state index in [0.29, 0.717) is 5.88 Å². The van der Waals surface area contributed by atoms with Crippen LogP contribution in [0.25, 0.3) is 11.3 Å². The first-order valence-corrected chi connectivity index (χ1v) is 5.82. The van der Waals surface area contributed by atoms with E-state index >= 15 is 0 Å². The van der Waals surface area contributed by atoms with Crippen LogP contribution in [-0.2, 0) is 0 Å². The summed E-state index contributed by atoms with van der Waals surface area (Å²) in [5.41, 5.74) is 2.86. The number of hydrogen-bond acceptors (Lipinski definition) is 5. The fourth-order valence-electron chi connectivity index (χ4n) is 1.73. The zero-order valence-electron chi connectivity index (χ0n) is 10.8. The molecule has 2 heterocycles. The lowest BCUT2D eigenvalue weighted by Gasteiger charge is -2.10. The van der Waals surface area contributed by atoms with Crippen molar-refractivity contribution in [3.05, 3.63) is 30.2 Å². The Labute approximate surface area is 106 Å². The van der Waals surface area contributed by atoms with Gasteiger partial charge >= 0.3 is 0 Å². The molecule has 2 aromatic rings. The zero-order valence-corrected chi connectivity index (χ0v) is 10.8. The van der Waals surface area contributed by atoms with Crippen molar-refractivity contribution in [3.63, 3.8) is 0 Å². The average Bonchev–Trinajstić information content (AvgIpc) is 2.42. The number of nitrogens with one attached hydrogen (secondary N) is 1. The summed E-state index contributed by atoms with van der Waals surface area (Å²) in [6.07, 6.45) is 3.31. The Morgan fingerprint density at radius 3 is 2.67 bits per heavy atom. The molecule has 2 rings (SSSR count). The zero-order chi connectivity index (χ0) is 13.0. The summed E-state index contributed by atoms with van der Waals surface area (Å²) < 4.78 is 5.04. The lowest BCUT2D eigenvalue weighted by atomic mass is 10.1. The molecular formula is C13H16N4O. The van der Waals surface area contributed by atoms with Gasteiger partial charge in [-0.15, -0.1) is 0 Å². The van der Waals surface area contributed by atoms with Crippen molar-refractivity contribution in [1.82, 2.24) is 15.0 Å². The molecule has 2 aromatic heterocycles. The molecule has 0 aliphatic carbocycles. The second-order valence-electron chi connectivity index (χ2n) is 3.82. The Morgan fingerprint density at radius 1 is 1.22 bits per heavy atom. The average molecular weight is 244 g/mol. The molecule has 5 heteroatoms. The largest absolute Gasteiger partial charge is 0.481 e. The molecule has 94 valence electrons. The van der Waals surface area contributed by atoms with Crippen LogP contribution in [0.4, 0.5) is 5.82 Å². The molecule has 0 radical (unpaired) electrons. The predicted molar refractivity (Wildman–Crippen MR) is 70.7 cm³/mol. The van der Waals surface area contributed by atoms with Gasteiger partial charge in [-0.3, -0.25) is 0 Å². The second kappa shape index (κ2) is 5.44. The Morgan fingerprint density at radius 2 is 2.06 bits per heavy atom. The van der Waals surface area contributed by atoms with E-state index in [1.165, 1.54) is 0 Å². The summed E-state index contributed by atoms with van der Waals surface area (Å²) in [7, 11) is 1.60. The Balaban J connectivity index is 2.40. The monoisotopic (exact) mass is 244 g/mol. The number of rotatable bonds is 4. The minimum Gasteiger partial charge on any atom is -0.481 e. The fraction of sp³-hybridized carbons (Fsp3) is 0.308. The number of hydrogen-bond donors (Lipinski definition) is 1. The first kappa shape index (κ1) is 12.3. The molecule has 0 saturated carbocycles. The summed E-state index contributed by atoms with van der Waals surface area (Å²) >= 11 is 0. The molecule has 0 saturated heterocycles. The lowest BCUT2D eigenvalue weighted by molar-refractivity contribution is 0.398. The van der Waals surface area contributed by atoms with E-state index in [2.05, 4.69) is 20.3 Å². The topological polar surface area (TPSA) is 59.9 Å². The van der Waals surface area contributed by atoms with Crippen molar-refractivity contribution in [2.24, 2.45) is 0 Å².